The van der Waals surface area contributed by atoms with Crippen molar-refractivity contribution < 1.29 is 24.5 Å². The van der Waals surface area contributed by atoms with Gasteiger partial charge in [-0.15, -0.1) is 0 Å². The molecule has 3 N–H and O–H groups in total. The first kappa shape index (κ1) is 62.3. The number of esters is 1. The van der Waals surface area contributed by atoms with Gasteiger partial charge in [-0.2, -0.15) is 0 Å². The molecule has 0 aliphatic rings. The lowest BCUT2D eigenvalue weighted by Gasteiger charge is -2.24. The van der Waals surface area contributed by atoms with E-state index >= 15 is 0 Å². The highest BCUT2D eigenvalue weighted by Crippen LogP contribution is 2.17. The summed E-state index contributed by atoms with van der Waals surface area (Å²) in [4.78, 5) is 26.2. The van der Waals surface area contributed by atoms with Gasteiger partial charge in [-0.1, -0.05) is 235 Å². The molecule has 0 saturated carbocycles. The molecular formula is C59H105NO5. The molecule has 3 unspecified atom stereocenters. The maximum Gasteiger partial charge on any atom is 0.306 e. The lowest BCUT2D eigenvalue weighted by atomic mass is 10.0. The van der Waals surface area contributed by atoms with E-state index < -0.39 is 18.2 Å². The molecule has 0 spiro atoms. The number of amides is 1. The molecule has 0 aliphatic carbocycles. The highest BCUT2D eigenvalue weighted by Gasteiger charge is 2.24. The molecule has 0 aromatic rings. The van der Waals surface area contributed by atoms with E-state index in [4.69, 9.17) is 4.74 Å². The molecule has 0 aromatic carbocycles. The summed E-state index contributed by atoms with van der Waals surface area (Å²) in [6, 6.07) is -0.723. The van der Waals surface area contributed by atoms with Crippen LogP contribution >= 0.6 is 0 Å². The van der Waals surface area contributed by atoms with Gasteiger partial charge in [0.05, 0.1) is 25.2 Å². The van der Waals surface area contributed by atoms with Gasteiger partial charge in [-0.05, 0) is 89.9 Å². The summed E-state index contributed by atoms with van der Waals surface area (Å²) < 4.78 is 5.92. The zero-order valence-electron chi connectivity index (χ0n) is 42.9. The third-order valence-electron chi connectivity index (χ3n) is 12.3. The lowest BCUT2D eigenvalue weighted by Crippen LogP contribution is -2.46. The van der Waals surface area contributed by atoms with Crippen molar-refractivity contribution in [1.82, 2.24) is 5.32 Å². The summed E-state index contributed by atoms with van der Waals surface area (Å²) in [5.41, 5.74) is 0. The minimum Gasteiger partial charge on any atom is -0.462 e. The molecule has 3 atom stereocenters. The van der Waals surface area contributed by atoms with Gasteiger partial charge in [-0.25, -0.2) is 0 Å². The van der Waals surface area contributed by atoms with Crippen LogP contribution in [0.1, 0.15) is 265 Å². The molecule has 0 rings (SSSR count). The second-order valence-corrected chi connectivity index (χ2v) is 18.6. The fraction of sp³-hybridized carbons (Fsp3) is 0.763. The smallest absolute Gasteiger partial charge is 0.306 e. The van der Waals surface area contributed by atoms with E-state index in [0.29, 0.717) is 19.3 Å². The van der Waals surface area contributed by atoms with E-state index in [1.165, 1.54) is 135 Å². The Bertz CT molecular complexity index is 1200. The van der Waals surface area contributed by atoms with E-state index in [9.17, 15) is 19.8 Å². The van der Waals surface area contributed by atoms with Crippen LogP contribution in [-0.4, -0.2) is 46.9 Å². The molecule has 0 heterocycles. The highest BCUT2D eigenvalue weighted by atomic mass is 16.5. The van der Waals surface area contributed by atoms with E-state index in [2.05, 4.69) is 99.0 Å². The molecular weight excluding hydrogens is 803 g/mol. The number of hydrogen-bond acceptors (Lipinski definition) is 5. The maximum atomic E-state index is 13.2. The molecule has 0 fully saturated rings. The first-order valence-electron chi connectivity index (χ1n) is 27.7. The monoisotopic (exact) mass is 908 g/mol. The third kappa shape index (κ3) is 47.6. The normalized spacial score (nSPS) is 13.7. The Hall–Kier alpha value is -2.70. The standard InChI is InChI=1S/C59H105NO5/c1-4-7-10-13-16-19-22-25-28-29-31-32-35-38-41-44-47-50-55(65-59(64)52-49-46-43-40-37-34-30-26-23-20-17-14-11-8-5-2)53-58(63)60-56(54-61)57(62)51-48-45-42-39-36-33-27-24-21-18-15-12-9-6-3/h7,10,16,19-20,23,25,28,31-32,38,41,55-57,61-62H,4-6,8-9,11-15,17-18,21-22,24,26-27,29-30,33-37,39-40,42-54H2,1-3H3,(H,60,63)/b10-7-,19-16-,23-20-,28-25-,32-31-,41-38-. The van der Waals surface area contributed by atoms with Crippen LogP contribution in [0.15, 0.2) is 72.9 Å². The van der Waals surface area contributed by atoms with Crippen LogP contribution in [-0.2, 0) is 14.3 Å². The zero-order chi connectivity index (χ0) is 47.4. The van der Waals surface area contributed by atoms with Crippen molar-refractivity contribution in [3.8, 4) is 0 Å². The van der Waals surface area contributed by atoms with Crippen molar-refractivity contribution in [1.29, 1.82) is 0 Å². The maximum absolute atomic E-state index is 13.2. The fourth-order valence-corrected chi connectivity index (χ4v) is 8.10. The Balaban J connectivity index is 4.69. The van der Waals surface area contributed by atoms with Crippen LogP contribution in [0.5, 0.6) is 0 Å². The van der Waals surface area contributed by atoms with Gasteiger partial charge >= 0.3 is 5.97 Å². The van der Waals surface area contributed by atoms with Gasteiger partial charge in [0.15, 0.2) is 0 Å². The van der Waals surface area contributed by atoms with Gasteiger partial charge in [-0.3, -0.25) is 9.59 Å². The van der Waals surface area contributed by atoms with Crippen molar-refractivity contribution in [2.45, 2.75) is 283 Å². The Kier molecular flexibility index (Phi) is 50.1. The van der Waals surface area contributed by atoms with E-state index in [1.54, 1.807) is 0 Å². The first-order chi connectivity index (χ1) is 32.0. The van der Waals surface area contributed by atoms with Gasteiger partial charge in [0, 0.05) is 6.42 Å². The van der Waals surface area contributed by atoms with Gasteiger partial charge in [0.1, 0.15) is 6.10 Å². The average Bonchev–Trinajstić information content (AvgIpc) is 3.30. The van der Waals surface area contributed by atoms with Gasteiger partial charge < -0.3 is 20.3 Å². The molecule has 6 nitrogen and oxygen atoms in total. The topological polar surface area (TPSA) is 95.9 Å². The predicted octanol–water partition coefficient (Wildman–Crippen LogP) is 17.0. The molecule has 0 aromatic heterocycles. The summed E-state index contributed by atoms with van der Waals surface area (Å²) in [5.74, 6) is -0.532. The van der Waals surface area contributed by atoms with E-state index in [-0.39, 0.29) is 24.9 Å². The van der Waals surface area contributed by atoms with Gasteiger partial charge in [0.25, 0.3) is 0 Å². The van der Waals surface area contributed by atoms with Crippen molar-refractivity contribution >= 4 is 11.9 Å². The zero-order valence-corrected chi connectivity index (χ0v) is 42.9. The Labute approximate surface area is 402 Å². The predicted molar refractivity (Wildman–Crippen MR) is 282 cm³/mol. The number of aliphatic hydroxyl groups excluding tert-OH is 2. The highest BCUT2D eigenvalue weighted by molar-refractivity contribution is 5.77. The minimum atomic E-state index is -0.806. The fourth-order valence-electron chi connectivity index (χ4n) is 8.10. The Morgan fingerprint density at radius 1 is 0.462 bits per heavy atom. The summed E-state index contributed by atoms with van der Waals surface area (Å²) in [6.07, 6.45) is 66.8. The SMILES string of the molecule is CC/C=C\C/C=C\C/C=C\C/C=C\C/C=C\CCCC(CC(=O)NC(CO)C(O)CCCCCCCCCCCCCCCC)OC(=O)CCCCCCCCC/C=C\CCCCCC. The lowest BCUT2D eigenvalue weighted by molar-refractivity contribution is -0.151. The number of allylic oxidation sites excluding steroid dienone is 12. The largest absolute Gasteiger partial charge is 0.462 e. The van der Waals surface area contributed by atoms with Crippen molar-refractivity contribution in [3.05, 3.63) is 72.9 Å². The first-order valence-corrected chi connectivity index (χ1v) is 27.7. The van der Waals surface area contributed by atoms with E-state index in [0.717, 1.165) is 83.5 Å². The molecule has 0 radical (unpaired) electrons. The third-order valence-corrected chi connectivity index (χ3v) is 12.3. The molecule has 65 heavy (non-hydrogen) atoms. The summed E-state index contributed by atoms with van der Waals surface area (Å²) in [5, 5.41) is 23.8. The number of aliphatic hydroxyl groups is 2. The quantitative estimate of drug-likeness (QED) is 0.0321. The summed E-state index contributed by atoms with van der Waals surface area (Å²) in [7, 11) is 0. The molecule has 0 saturated heterocycles. The van der Waals surface area contributed by atoms with E-state index in [1.807, 2.05) is 0 Å². The number of rotatable bonds is 49. The minimum absolute atomic E-state index is 0.0352. The van der Waals surface area contributed by atoms with Crippen molar-refractivity contribution in [2.24, 2.45) is 0 Å². The number of nitrogens with one attached hydrogen (secondary N) is 1. The summed E-state index contributed by atoms with van der Waals surface area (Å²) in [6.45, 7) is 6.35. The summed E-state index contributed by atoms with van der Waals surface area (Å²) >= 11 is 0. The van der Waals surface area contributed by atoms with Gasteiger partial charge in [0.2, 0.25) is 5.91 Å². The molecule has 376 valence electrons. The second kappa shape index (κ2) is 52.3. The Morgan fingerprint density at radius 3 is 1.32 bits per heavy atom. The molecule has 6 heteroatoms. The van der Waals surface area contributed by atoms with Crippen LogP contribution in [0.2, 0.25) is 0 Å². The molecule has 0 aliphatic heterocycles. The Morgan fingerprint density at radius 2 is 0.846 bits per heavy atom. The van der Waals surface area contributed by atoms with Crippen molar-refractivity contribution in [3.63, 3.8) is 0 Å². The van der Waals surface area contributed by atoms with Crippen LogP contribution in [0.25, 0.3) is 0 Å². The number of ether oxygens (including phenoxy) is 1. The van der Waals surface area contributed by atoms with Crippen molar-refractivity contribution in [2.75, 3.05) is 6.61 Å². The van der Waals surface area contributed by atoms with Crippen LogP contribution in [0, 0.1) is 0 Å². The van der Waals surface area contributed by atoms with Crippen LogP contribution in [0.3, 0.4) is 0 Å². The number of carbonyl (C=O) groups is 2. The molecule has 1 amide bonds. The van der Waals surface area contributed by atoms with Crippen LogP contribution < -0.4 is 5.32 Å². The number of hydrogen-bond donors (Lipinski definition) is 3. The number of carbonyl (C=O) groups excluding carboxylic acids is 2. The molecule has 0 bridgehead atoms. The van der Waals surface area contributed by atoms with Crippen LogP contribution in [0.4, 0.5) is 0 Å². The second-order valence-electron chi connectivity index (χ2n) is 18.6. The average molecular weight is 908 g/mol. The number of unbranched alkanes of at least 4 members (excludes halogenated alkanes) is 25.